The summed E-state index contributed by atoms with van der Waals surface area (Å²) in [6.07, 6.45) is 4.38. The summed E-state index contributed by atoms with van der Waals surface area (Å²) in [5, 5.41) is 7.09. The molecule has 9 heteroatoms. The summed E-state index contributed by atoms with van der Waals surface area (Å²) in [6, 6.07) is 13.2. The largest absolute Gasteiger partial charge is 0.379 e. The third-order valence-corrected chi connectivity index (χ3v) is 9.31. The van der Waals surface area contributed by atoms with Gasteiger partial charge in [0, 0.05) is 29.7 Å². The highest BCUT2D eigenvalue weighted by atomic mass is 32.2. The van der Waals surface area contributed by atoms with Crippen molar-refractivity contribution in [2.75, 3.05) is 26.3 Å². The molecule has 2 heterocycles. The van der Waals surface area contributed by atoms with Gasteiger partial charge in [-0.05, 0) is 81.0 Å². The maximum atomic E-state index is 12.9. The molecule has 1 saturated carbocycles. The zero-order valence-electron chi connectivity index (χ0n) is 20.1. The summed E-state index contributed by atoms with van der Waals surface area (Å²) < 4.78 is 34.6. The van der Waals surface area contributed by atoms with Gasteiger partial charge >= 0.3 is 0 Å². The van der Waals surface area contributed by atoms with Gasteiger partial charge in [0.1, 0.15) is 0 Å². The molecule has 0 radical (unpaired) electrons. The third kappa shape index (κ3) is 5.18. The van der Waals surface area contributed by atoms with Crippen molar-refractivity contribution < 1.29 is 13.2 Å². The Labute approximate surface area is 210 Å². The van der Waals surface area contributed by atoms with E-state index in [2.05, 4.69) is 37.4 Å². The Morgan fingerprint density at radius 1 is 0.943 bits per heavy atom. The summed E-state index contributed by atoms with van der Waals surface area (Å²) in [7, 11) is -3.53. The van der Waals surface area contributed by atoms with Crippen LogP contribution in [0.1, 0.15) is 36.8 Å². The van der Waals surface area contributed by atoms with Gasteiger partial charge in [-0.3, -0.25) is 0 Å². The molecule has 5 rings (SSSR count). The van der Waals surface area contributed by atoms with Gasteiger partial charge in [0.15, 0.2) is 0 Å². The van der Waals surface area contributed by atoms with Crippen LogP contribution in [0.5, 0.6) is 0 Å². The molecular weight excluding hydrogens is 480 g/mol. The quantitative estimate of drug-likeness (QED) is 0.492. The van der Waals surface area contributed by atoms with Crippen LogP contribution in [0.25, 0.3) is 11.3 Å². The van der Waals surface area contributed by atoms with E-state index in [4.69, 9.17) is 14.8 Å². The second-order valence-corrected chi connectivity index (χ2v) is 11.8. The van der Waals surface area contributed by atoms with Crippen LogP contribution in [0.4, 0.5) is 5.69 Å². The lowest BCUT2D eigenvalue weighted by Crippen LogP contribution is -2.40. The number of aromatic nitrogens is 1. The molecule has 0 amide bonds. The molecule has 2 fully saturated rings. The molecule has 1 aromatic heterocycles. The fourth-order valence-corrected chi connectivity index (χ4v) is 6.59. The standard InChI is InChI=1S/C26H30N4O3S2/c1-19-7-8-21(17-20(19)2)25-18-34-26(30(25)28-23-5-3-4-6-23)27-22-9-11-24(12-10-22)35(31,32)29-13-15-33-16-14-29/h7-12,17-18H,3-6,13-16H2,1-2H3. The molecule has 2 aromatic carbocycles. The molecule has 35 heavy (non-hydrogen) atoms. The van der Waals surface area contributed by atoms with E-state index in [0.29, 0.717) is 32.0 Å². The molecule has 0 spiro atoms. The number of aryl methyl sites for hydroxylation is 2. The minimum atomic E-state index is -3.53. The van der Waals surface area contributed by atoms with E-state index in [1.165, 1.54) is 34.0 Å². The van der Waals surface area contributed by atoms with Gasteiger partial charge in [-0.2, -0.15) is 9.41 Å². The van der Waals surface area contributed by atoms with Crippen LogP contribution in [0, 0.1) is 13.8 Å². The summed E-state index contributed by atoms with van der Waals surface area (Å²) >= 11 is 1.54. The molecule has 0 unspecified atom stereocenters. The molecule has 1 saturated heterocycles. The number of morpholine rings is 1. The van der Waals surface area contributed by atoms with E-state index in [9.17, 15) is 8.42 Å². The summed E-state index contributed by atoms with van der Waals surface area (Å²) in [6.45, 7) is 5.85. The maximum absolute atomic E-state index is 12.9. The molecule has 1 aliphatic heterocycles. The lowest BCUT2D eigenvalue weighted by Gasteiger charge is -2.26. The average Bonchev–Trinajstić information content (AvgIpc) is 3.53. The molecule has 1 aliphatic carbocycles. The van der Waals surface area contributed by atoms with Gasteiger partial charge in [0.25, 0.3) is 0 Å². The van der Waals surface area contributed by atoms with Crippen LogP contribution in [-0.4, -0.2) is 49.4 Å². The van der Waals surface area contributed by atoms with Crippen molar-refractivity contribution in [1.82, 2.24) is 8.98 Å². The minimum absolute atomic E-state index is 0.277. The highest BCUT2D eigenvalue weighted by molar-refractivity contribution is 7.89. The van der Waals surface area contributed by atoms with Crippen LogP contribution in [0.3, 0.4) is 0 Å². The topological polar surface area (TPSA) is 76.3 Å². The second-order valence-electron chi connectivity index (χ2n) is 9.01. The number of thiazole rings is 1. The average molecular weight is 511 g/mol. The van der Waals surface area contributed by atoms with Gasteiger partial charge in [-0.15, -0.1) is 11.3 Å². The maximum Gasteiger partial charge on any atom is 0.243 e. The molecule has 2 aliphatic rings. The van der Waals surface area contributed by atoms with Gasteiger partial charge in [-0.25, -0.2) is 18.1 Å². The number of hydrogen-bond donors (Lipinski definition) is 0. The summed E-state index contributed by atoms with van der Waals surface area (Å²) in [5.41, 5.74) is 6.52. The second kappa shape index (κ2) is 10.2. The van der Waals surface area contributed by atoms with Crippen molar-refractivity contribution in [2.45, 2.75) is 44.4 Å². The molecule has 0 atom stereocenters. The normalized spacial score (nSPS) is 17.8. The number of benzene rings is 2. The first kappa shape index (κ1) is 24.1. The van der Waals surface area contributed by atoms with Gasteiger partial charge < -0.3 is 4.74 Å². The monoisotopic (exact) mass is 510 g/mol. The van der Waals surface area contributed by atoms with Crippen molar-refractivity contribution in [2.24, 2.45) is 10.1 Å². The minimum Gasteiger partial charge on any atom is -0.379 e. The Hall–Kier alpha value is -2.59. The number of sulfonamides is 1. The third-order valence-electron chi connectivity index (χ3n) is 6.58. The zero-order chi connectivity index (χ0) is 24.4. The van der Waals surface area contributed by atoms with E-state index in [0.717, 1.165) is 28.9 Å². The summed E-state index contributed by atoms with van der Waals surface area (Å²) in [4.78, 5) is 5.89. The van der Waals surface area contributed by atoms with E-state index < -0.39 is 10.0 Å². The van der Waals surface area contributed by atoms with Crippen molar-refractivity contribution in [3.63, 3.8) is 0 Å². The van der Waals surface area contributed by atoms with Crippen molar-refractivity contribution in [1.29, 1.82) is 0 Å². The molecular formula is C26H30N4O3S2. The number of nitrogens with zero attached hydrogens (tertiary/aromatic N) is 4. The van der Waals surface area contributed by atoms with Crippen molar-refractivity contribution in [3.05, 3.63) is 63.8 Å². The lowest BCUT2D eigenvalue weighted by molar-refractivity contribution is 0.0730. The Bertz CT molecular complexity index is 1410. The number of ether oxygens (including phenoxy) is 1. The lowest BCUT2D eigenvalue weighted by atomic mass is 10.1. The summed E-state index contributed by atoms with van der Waals surface area (Å²) in [5.74, 6) is 0. The predicted octanol–water partition coefficient (Wildman–Crippen LogP) is 4.86. The highest BCUT2D eigenvalue weighted by Gasteiger charge is 2.26. The Kier molecular flexibility index (Phi) is 7.02. The van der Waals surface area contributed by atoms with E-state index in [-0.39, 0.29) is 4.90 Å². The van der Waals surface area contributed by atoms with E-state index >= 15 is 0 Å². The van der Waals surface area contributed by atoms with Gasteiger partial charge in [-0.1, -0.05) is 12.1 Å². The number of hydrogen-bond acceptors (Lipinski definition) is 6. The molecule has 3 aromatic rings. The fraction of sp³-hybridized carbons (Fsp3) is 0.385. The molecule has 0 bridgehead atoms. The molecule has 184 valence electrons. The van der Waals surface area contributed by atoms with Gasteiger partial charge in [0.2, 0.25) is 14.8 Å². The number of rotatable bonds is 5. The van der Waals surface area contributed by atoms with E-state index in [1.54, 1.807) is 35.6 Å². The Morgan fingerprint density at radius 3 is 2.34 bits per heavy atom. The van der Waals surface area contributed by atoms with E-state index in [1.807, 2.05) is 4.68 Å². The zero-order valence-corrected chi connectivity index (χ0v) is 21.7. The fourth-order valence-electron chi connectivity index (χ4n) is 4.34. The van der Waals surface area contributed by atoms with Crippen molar-refractivity contribution in [3.8, 4) is 11.3 Å². The van der Waals surface area contributed by atoms with Crippen LogP contribution >= 0.6 is 11.3 Å². The van der Waals surface area contributed by atoms with Crippen LogP contribution < -0.4 is 4.80 Å². The SMILES string of the molecule is Cc1ccc(-c2csc(=Nc3ccc(S(=O)(=O)N4CCOCC4)cc3)n2N=C2CCCC2)cc1C. The predicted molar refractivity (Wildman–Crippen MR) is 140 cm³/mol. The molecule has 7 nitrogen and oxygen atoms in total. The first-order chi connectivity index (χ1) is 16.9. The Balaban J connectivity index is 1.52. The van der Waals surface area contributed by atoms with Crippen LogP contribution in [-0.2, 0) is 14.8 Å². The Morgan fingerprint density at radius 2 is 1.66 bits per heavy atom. The smallest absolute Gasteiger partial charge is 0.243 e. The highest BCUT2D eigenvalue weighted by Crippen LogP contribution is 2.25. The van der Waals surface area contributed by atoms with Crippen LogP contribution in [0.15, 0.2) is 62.8 Å². The van der Waals surface area contributed by atoms with Gasteiger partial charge in [0.05, 0.1) is 29.5 Å². The molecule has 0 N–H and O–H groups in total. The first-order valence-electron chi connectivity index (χ1n) is 12.0. The van der Waals surface area contributed by atoms with Crippen molar-refractivity contribution >= 4 is 32.8 Å². The van der Waals surface area contributed by atoms with Crippen LogP contribution in [0.2, 0.25) is 0 Å². The first-order valence-corrected chi connectivity index (χ1v) is 14.3.